The summed E-state index contributed by atoms with van der Waals surface area (Å²) >= 11 is 3.41. The molecule has 0 saturated heterocycles. The lowest BCUT2D eigenvalue weighted by atomic mass is 10.2. The molecule has 0 bridgehead atoms. The van der Waals surface area contributed by atoms with Crippen LogP contribution in [0.4, 0.5) is 5.69 Å². The Kier molecular flexibility index (Phi) is 5.09. The minimum absolute atomic E-state index is 0.571. The highest BCUT2D eigenvalue weighted by atomic mass is 79.9. The molecule has 0 spiro atoms. The number of alkyl halides is 1. The van der Waals surface area contributed by atoms with Crippen LogP contribution in [0.2, 0.25) is 0 Å². The van der Waals surface area contributed by atoms with E-state index in [-0.39, 0.29) is 0 Å². The van der Waals surface area contributed by atoms with Crippen molar-refractivity contribution in [1.82, 2.24) is 0 Å². The van der Waals surface area contributed by atoms with Crippen LogP contribution in [-0.4, -0.2) is 18.4 Å². The van der Waals surface area contributed by atoms with Crippen molar-refractivity contribution in [2.24, 2.45) is 0 Å². The Balaban J connectivity index is 2.63. The van der Waals surface area contributed by atoms with Crippen LogP contribution in [0.25, 0.3) is 0 Å². The van der Waals surface area contributed by atoms with Gasteiger partial charge in [0.15, 0.2) is 0 Å². The molecule has 0 aliphatic heterocycles. The Hall–Kier alpha value is -1.01. The first-order valence-corrected chi connectivity index (χ1v) is 5.73. The van der Waals surface area contributed by atoms with Gasteiger partial charge in [0.05, 0.1) is 12.5 Å². The number of nitriles is 1. The highest BCUT2D eigenvalue weighted by Gasteiger charge is 2.03. The predicted octanol–water partition coefficient (Wildman–Crippen LogP) is 2.80. The first-order valence-electron chi connectivity index (χ1n) is 4.61. The van der Waals surface area contributed by atoms with Crippen LogP contribution in [0, 0.1) is 11.3 Å². The number of anilines is 1. The fourth-order valence-corrected chi connectivity index (χ4v) is 1.72. The van der Waals surface area contributed by atoms with Gasteiger partial charge in [0.25, 0.3) is 0 Å². The molecule has 0 radical (unpaired) electrons. The third-order valence-corrected chi connectivity index (χ3v) is 2.32. The van der Waals surface area contributed by atoms with E-state index in [0.717, 1.165) is 18.4 Å². The lowest BCUT2D eigenvalue weighted by Crippen LogP contribution is -2.26. The summed E-state index contributed by atoms with van der Waals surface area (Å²) in [6, 6.07) is 12.3. The number of rotatable bonds is 5. The first kappa shape index (κ1) is 11.1. The Morgan fingerprint density at radius 2 is 1.93 bits per heavy atom. The third-order valence-electron chi connectivity index (χ3n) is 1.97. The number of hydrogen-bond acceptors (Lipinski definition) is 2. The standard InChI is InChI=1S/C11H13BrN2/c12-7-10-14(9-4-8-13)11-5-2-1-3-6-11/h1-3,5-6H,4,7,9-10H2. The van der Waals surface area contributed by atoms with Gasteiger partial charge in [-0.25, -0.2) is 0 Å². The second kappa shape index (κ2) is 6.44. The molecule has 0 atom stereocenters. The normalized spacial score (nSPS) is 9.43. The van der Waals surface area contributed by atoms with Crippen LogP contribution >= 0.6 is 15.9 Å². The number of halogens is 1. The van der Waals surface area contributed by atoms with Gasteiger partial charge in [0, 0.05) is 24.1 Å². The molecule has 0 unspecified atom stereocenters. The second-order valence-corrected chi connectivity index (χ2v) is 3.71. The SMILES string of the molecule is N#CCCN(CCBr)c1ccccc1. The van der Waals surface area contributed by atoms with Crippen LogP contribution in [0.1, 0.15) is 6.42 Å². The van der Waals surface area contributed by atoms with Gasteiger partial charge in [0.1, 0.15) is 0 Å². The average Bonchev–Trinajstić information content (AvgIpc) is 2.25. The Bertz CT molecular complexity index is 292. The number of nitrogens with zero attached hydrogens (tertiary/aromatic N) is 2. The first-order chi connectivity index (χ1) is 6.88. The molecule has 0 N–H and O–H groups in total. The average molecular weight is 253 g/mol. The van der Waals surface area contributed by atoms with Crippen molar-refractivity contribution in [3.63, 3.8) is 0 Å². The highest BCUT2D eigenvalue weighted by Crippen LogP contribution is 2.13. The fourth-order valence-electron chi connectivity index (χ4n) is 1.30. The van der Waals surface area contributed by atoms with Crippen molar-refractivity contribution >= 4 is 21.6 Å². The molecule has 0 aromatic heterocycles. The molecular weight excluding hydrogens is 240 g/mol. The molecular formula is C11H13BrN2. The summed E-state index contributed by atoms with van der Waals surface area (Å²) in [6.07, 6.45) is 0.571. The maximum Gasteiger partial charge on any atom is 0.0640 e. The monoisotopic (exact) mass is 252 g/mol. The molecule has 0 aliphatic carbocycles. The minimum Gasteiger partial charge on any atom is -0.370 e. The summed E-state index contributed by atoms with van der Waals surface area (Å²) in [5.74, 6) is 0. The summed E-state index contributed by atoms with van der Waals surface area (Å²) < 4.78 is 0. The van der Waals surface area contributed by atoms with E-state index in [2.05, 4.69) is 39.0 Å². The zero-order valence-electron chi connectivity index (χ0n) is 7.99. The number of hydrogen-bond donors (Lipinski definition) is 0. The van der Waals surface area contributed by atoms with Gasteiger partial charge < -0.3 is 4.90 Å². The largest absolute Gasteiger partial charge is 0.370 e. The van der Waals surface area contributed by atoms with Crippen LogP contribution < -0.4 is 4.90 Å². The number of para-hydroxylation sites is 1. The van der Waals surface area contributed by atoms with Crippen molar-refractivity contribution in [1.29, 1.82) is 5.26 Å². The minimum atomic E-state index is 0.571. The predicted molar refractivity (Wildman–Crippen MR) is 62.7 cm³/mol. The van der Waals surface area contributed by atoms with Crippen molar-refractivity contribution < 1.29 is 0 Å². The van der Waals surface area contributed by atoms with E-state index < -0.39 is 0 Å². The molecule has 74 valence electrons. The molecule has 1 aromatic rings. The molecule has 3 heteroatoms. The van der Waals surface area contributed by atoms with Gasteiger partial charge in [-0.15, -0.1) is 0 Å². The molecule has 2 nitrogen and oxygen atoms in total. The molecule has 14 heavy (non-hydrogen) atoms. The zero-order valence-corrected chi connectivity index (χ0v) is 9.57. The smallest absolute Gasteiger partial charge is 0.0640 e. The van der Waals surface area contributed by atoms with Crippen molar-refractivity contribution in [3.05, 3.63) is 30.3 Å². The van der Waals surface area contributed by atoms with Crippen molar-refractivity contribution in [2.75, 3.05) is 23.3 Å². The molecule has 1 rings (SSSR count). The van der Waals surface area contributed by atoms with E-state index in [9.17, 15) is 0 Å². The summed E-state index contributed by atoms with van der Waals surface area (Å²) in [6.45, 7) is 1.73. The van der Waals surface area contributed by atoms with E-state index in [1.54, 1.807) is 0 Å². The Morgan fingerprint density at radius 1 is 1.21 bits per heavy atom. The maximum atomic E-state index is 8.54. The molecule has 0 aliphatic rings. The topological polar surface area (TPSA) is 27.0 Å². The van der Waals surface area contributed by atoms with E-state index in [1.165, 1.54) is 5.69 Å². The quantitative estimate of drug-likeness (QED) is 0.754. The van der Waals surface area contributed by atoms with Crippen molar-refractivity contribution in [2.45, 2.75) is 6.42 Å². The van der Waals surface area contributed by atoms with Gasteiger partial charge in [-0.3, -0.25) is 0 Å². The highest BCUT2D eigenvalue weighted by molar-refractivity contribution is 9.09. The van der Waals surface area contributed by atoms with E-state index in [4.69, 9.17) is 5.26 Å². The van der Waals surface area contributed by atoms with Gasteiger partial charge in [-0.05, 0) is 12.1 Å². The van der Waals surface area contributed by atoms with E-state index in [0.29, 0.717) is 6.42 Å². The summed E-state index contributed by atoms with van der Waals surface area (Å²) in [5.41, 5.74) is 1.18. The molecule has 0 heterocycles. The summed E-state index contributed by atoms with van der Waals surface area (Å²) in [5, 5.41) is 9.47. The third kappa shape index (κ3) is 3.39. The Morgan fingerprint density at radius 3 is 2.50 bits per heavy atom. The number of benzene rings is 1. The summed E-state index contributed by atoms with van der Waals surface area (Å²) in [7, 11) is 0. The molecule has 1 aromatic carbocycles. The molecule has 0 fully saturated rings. The summed E-state index contributed by atoms with van der Waals surface area (Å²) in [4.78, 5) is 2.21. The van der Waals surface area contributed by atoms with E-state index in [1.807, 2.05) is 18.2 Å². The lowest BCUT2D eigenvalue weighted by molar-refractivity contribution is 0.834. The maximum absolute atomic E-state index is 8.54. The second-order valence-electron chi connectivity index (χ2n) is 2.92. The van der Waals surface area contributed by atoms with Gasteiger partial charge in [-0.1, -0.05) is 34.1 Å². The Labute approximate surface area is 93.3 Å². The lowest BCUT2D eigenvalue weighted by Gasteiger charge is -2.22. The van der Waals surface area contributed by atoms with Gasteiger partial charge >= 0.3 is 0 Å². The fraction of sp³-hybridized carbons (Fsp3) is 0.364. The van der Waals surface area contributed by atoms with Gasteiger partial charge in [-0.2, -0.15) is 5.26 Å². The molecule has 0 saturated carbocycles. The van der Waals surface area contributed by atoms with Crippen LogP contribution in [-0.2, 0) is 0 Å². The van der Waals surface area contributed by atoms with Crippen LogP contribution in [0.15, 0.2) is 30.3 Å². The van der Waals surface area contributed by atoms with Crippen LogP contribution in [0.5, 0.6) is 0 Å². The molecule has 0 amide bonds. The van der Waals surface area contributed by atoms with E-state index >= 15 is 0 Å². The van der Waals surface area contributed by atoms with Crippen molar-refractivity contribution in [3.8, 4) is 6.07 Å². The van der Waals surface area contributed by atoms with Crippen LogP contribution in [0.3, 0.4) is 0 Å². The zero-order chi connectivity index (χ0) is 10.2. The van der Waals surface area contributed by atoms with Gasteiger partial charge in [0.2, 0.25) is 0 Å².